The van der Waals surface area contributed by atoms with Gasteiger partial charge < -0.3 is 10.6 Å². The van der Waals surface area contributed by atoms with Crippen LogP contribution in [0.15, 0.2) is 42.9 Å². The summed E-state index contributed by atoms with van der Waals surface area (Å²) in [5, 5.41) is 5.33. The van der Waals surface area contributed by atoms with Crippen molar-refractivity contribution in [1.29, 1.82) is 0 Å². The zero-order valence-corrected chi connectivity index (χ0v) is 11.8. The molecule has 4 amide bonds. The van der Waals surface area contributed by atoms with Crippen LogP contribution in [0.3, 0.4) is 0 Å². The molecule has 2 N–H and O–H groups in total. The van der Waals surface area contributed by atoms with Gasteiger partial charge in [0.25, 0.3) is 0 Å². The van der Waals surface area contributed by atoms with Crippen molar-refractivity contribution in [3.63, 3.8) is 0 Å². The van der Waals surface area contributed by atoms with Crippen molar-refractivity contribution in [1.82, 2.24) is 25.5 Å². The lowest BCUT2D eigenvalue weighted by atomic mass is 10.1. The predicted molar refractivity (Wildman–Crippen MR) is 79.8 cm³/mol. The van der Waals surface area contributed by atoms with Crippen LogP contribution in [0.1, 0.15) is 5.56 Å². The normalized spacial score (nSPS) is 13.8. The minimum Gasteiger partial charge on any atom is -0.336 e. The van der Waals surface area contributed by atoms with Gasteiger partial charge in [-0.25, -0.2) is 14.5 Å². The number of carbonyl (C=O) groups excluding carboxylic acids is 2. The molecule has 0 unspecified atom stereocenters. The summed E-state index contributed by atoms with van der Waals surface area (Å²) in [6, 6.07) is 6.73. The molecular weight excluding hydrogens is 282 g/mol. The minimum absolute atomic E-state index is 0.337. The molecule has 0 spiro atoms. The Morgan fingerprint density at radius 3 is 2.82 bits per heavy atom. The van der Waals surface area contributed by atoms with E-state index in [-0.39, 0.29) is 6.03 Å². The monoisotopic (exact) mass is 297 g/mol. The second kappa shape index (κ2) is 6.21. The number of urea groups is 2. The average Bonchev–Trinajstić information content (AvgIpc) is 3.00. The molecule has 7 nitrogen and oxygen atoms in total. The summed E-state index contributed by atoms with van der Waals surface area (Å²) in [6.07, 6.45) is 5.11. The lowest BCUT2D eigenvalue weighted by Gasteiger charge is -2.13. The van der Waals surface area contributed by atoms with Gasteiger partial charge in [-0.05, 0) is 29.8 Å². The van der Waals surface area contributed by atoms with Gasteiger partial charge in [0.15, 0.2) is 0 Å². The Labute approximate surface area is 127 Å². The van der Waals surface area contributed by atoms with Crippen LogP contribution in [0.2, 0.25) is 0 Å². The van der Waals surface area contributed by atoms with Gasteiger partial charge in [0, 0.05) is 43.8 Å². The van der Waals surface area contributed by atoms with Gasteiger partial charge in [0.05, 0.1) is 5.69 Å². The molecular formula is C15H15N5O2. The van der Waals surface area contributed by atoms with Gasteiger partial charge in [-0.3, -0.25) is 9.97 Å². The minimum atomic E-state index is -0.391. The van der Waals surface area contributed by atoms with Crippen molar-refractivity contribution >= 4 is 12.1 Å². The molecule has 0 radical (unpaired) electrons. The Kier molecular flexibility index (Phi) is 3.95. The van der Waals surface area contributed by atoms with E-state index in [0.29, 0.717) is 19.6 Å². The zero-order chi connectivity index (χ0) is 15.4. The van der Waals surface area contributed by atoms with Crippen LogP contribution in [0.25, 0.3) is 11.3 Å². The van der Waals surface area contributed by atoms with E-state index in [0.717, 1.165) is 21.7 Å². The standard InChI is InChI=1S/C15H15N5O2/c21-14-18-7-8-20(14)15(22)19-10-11-1-6-17-13(9-11)12-2-4-16-5-3-12/h1-6,9H,7-8,10H2,(H,18,21)(H,19,22). The summed E-state index contributed by atoms with van der Waals surface area (Å²) in [7, 11) is 0. The molecule has 0 aliphatic carbocycles. The van der Waals surface area contributed by atoms with E-state index in [2.05, 4.69) is 20.6 Å². The van der Waals surface area contributed by atoms with Crippen molar-refractivity contribution in [2.24, 2.45) is 0 Å². The SMILES string of the molecule is O=C1NCCN1C(=O)NCc1ccnc(-c2ccncc2)c1. The fraction of sp³-hybridized carbons (Fsp3) is 0.200. The Bertz CT molecular complexity index is 689. The third-order valence-electron chi connectivity index (χ3n) is 3.35. The van der Waals surface area contributed by atoms with Crippen LogP contribution in [-0.4, -0.2) is 40.0 Å². The van der Waals surface area contributed by atoms with Crippen LogP contribution in [0, 0.1) is 0 Å². The molecule has 0 saturated carbocycles. The highest BCUT2D eigenvalue weighted by Crippen LogP contribution is 2.16. The van der Waals surface area contributed by atoms with Crippen LogP contribution < -0.4 is 10.6 Å². The zero-order valence-electron chi connectivity index (χ0n) is 11.8. The molecule has 0 atom stereocenters. The summed E-state index contributed by atoms with van der Waals surface area (Å²) in [4.78, 5) is 32.8. The van der Waals surface area contributed by atoms with E-state index in [1.54, 1.807) is 18.6 Å². The molecule has 1 saturated heterocycles. The molecule has 1 aliphatic rings. The molecule has 2 aromatic rings. The summed E-state index contributed by atoms with van der Waals surface area (Å²) in [5.74, 6) is 0. The fourth-order valence-corrected chi connectivity index (χ4v) is 2.20. The maximum absolute atomic E-state index is 11.9. The Morgan fingerprint density at radius 2 is 2.09 bits per heavy atom. The summed E-state index contributed by atoms with van der Waals surface area (Å²) >= 11 is 0. The molecule has 2 aromatic heterocycles. The van der Waals surface area contributed by atoms with Crippen LogP contribution in [-0.2, 0) is 6.54 Å². The number of nitrogens with one attached hydrogen (secondary N) is 2. The number of hydrogen-bond acceptors (Lipinski definition) is 4. The average molecular weight is 297 g/mol. The lowest BCUT2D eigenvalue weighted by Crippen LogP contribution is -2.41. The van der Waals surface area contributed by atoms with E-state index in [1.165, 1.54) is 0 Å². The van der Waals surface area contributed by atoms with Crippen molar-refractivity contribution in [3.05, 3.63) is 48.4 Å². The van der Waals surface area contributed by atoms with Crippen molar-refractivity contribution in [2.45, 2.75) is 6.54 Å². The van der Waals surface area contributed by atoms with E-state index in [9.17, 15) is 9.59 Å². The van der Waals surface area contributed by atoms with Gasteiger partial charge in [0.1, 0.15) is 0 Å². The van der Waals surface area contributed by atoms with Gasteiger partial charge in [-0.15, -0.1) is 0 Å². The van der Waals surface area contributed by atoms with Crippen molar-refractivity contribution in [2.75, 3.05) is 13.1 Å². The number of nitrogens with zero attached hydrogens (tertiary/aromatic N) is 3. The summed E-state index contributed by atoms with van der Waals surface area (Å²) < 4.78 is 0. The molecule has 3 rings (SSSR count). The number of hydrogen-bond donors (Lipinski definition) is 2. The van der Waals surface area contributed by atoms with Gasteiger partial charge in [-0.2, -0.15) is 0 Å². The Balaban J connectivity index is 1.66. The van der Waals surface area contributed by atoms with Crippen LogP contribution >= 0.6 is 0 Å². The number of rotatable bonds is 3. The maximum atomic E-state index is 11.9. The van der Waals surface area contributed by atoms with Crippen molar-refractivity contribution in [3.8, 4) is 11.3 Å². The first-order valence-electron chi connectivity index (χ1n) is 6.92. The molecule has 22 heavy (non-hydrogen) atoms. The van der Waals surface area contributed by atoms with E-state index >= 15 is 0 Å². The summed E-state index contributed by atoms with van der Waals surface area (Å²) in [5.41, 5.74) is 2.69. The van der Waals surface area contributed by atoms with E-state index in [4.69, 9.17) is 0 Å². The number of pyridine rings is 2. The number of carbonyl (C=O) groups is 2. The number of imide groups is 1. The van der Waals surface area contributed by atoms with Crippen LogP contribution in [0.4, 0.5) is 9.59 Å². The van der Waals surface area contributed by atoms with Crippen LogP contribution in [0.5, 0.6) is 0 Å². The second-order valence-corrected chi connectivity index (χ2v) is 4.83. The van der Waals surface area contributed by atoms with Gasteiger partial charge >= 0.3 is 12.1 Å². The topological polar surface area (TPSA) is 87.2 Å². The fourth-order valence-electron chi connectivity index (χ4n) is 2.20. The number of amides is 4. The van der Waals surface area contributed by atoms with Gasteiger partial charge in [0.2, 0.25) is 0 Å². The number of aromatic nitrogens is 2. The summed E-state index contributed by atoms with van der Waals surface area (Å²) in [6.45, 7) is 1.22. The largest absolute Gasteiger partial charge is 0.336 e. The second-order valence-electron chi connectivity index (χ2n) is 4.83. The third kappa shape index (κ3) is 3.03. The first kappa shape index (κ1) is 14.0. The molecule has 0 bridgehead atoms. The highest BCUT2D eigenvalue weighted by Gasteiger charge is 2.25. The molecule has 1 aliphatic heterocycles. The molecule has 7 heteroatoms. The third-order valence-corrected chi connectivity index (χ3v) is 3.35. The van der Waals surface area contributed by atoms with E-state index < -0.39 is 6.03 Å². The van der Waals surface area contributed by atoms with Crippen molar-refractivity contribution < 1.29 is 9.59 Å². The van der Waals surface area contributed by atoms with Gasteiger partial charge in [-0.1, -0.05) is 0 Å². The molecule has 112 valence electrons. The quantitative estimate of drug-likeness (QED) is 0.896. The molecule has 3 heterocycles. The lowest BCUT2D eigenvalue weighted by molar-refractivity contribution is 0.198. The first-order chi connectivity index (χ1) is 10.7. The Hall–Kier alpha value is -2.96. The smallest absolute Gasteiger partial charge is 0.325 e. The first-order valence-corrected chi connectivity index (χ1v) is 6.92. The highest BCUT2D eigenvalue weighted by atomic mass is 16.2. The Morgan fingerprint density at radius 1 is 1.27 bits per heavy atom. The predicted octanol–water partition coefficient (Wildman–Crippen LogP) is 1.38. The molecule has 1 fully saturated rings. The maximum Gasteiger partial charge on any atom is 0.325 e. The highest BCUT2D eigenvalue weighted by molar-refractivity contribution is 5.94. The molecule has 0 aromatic carbocycles. The van der Waals surface area contributed by atoms with E-state index in [1.807, 2.05) is 24.3 Å².